The third-order valence-electron chi connectivity index (χ3n) is 2.46. The molecule has 0 saturated heterocycles. The first kappa shape index (κ1) is 10.7. The fourth-order valence-corrected chi connectivity index (χ4v) is 1.55. The van der Waals surface area contributed by atoms with E-state index < -0.39 is 0 Å². The number of nitrogens with zero attached hydrogens (tertiary/aromatic N) is 1. The molecule has 2 rings (SSSR count). The van der Waals surface area contributed by atoms with E-state index in [0.29, 0.717) is 5.89 Å². The second-order valence-electron chi connectivity index (χ2n) is 3.66. The average Bonchev–Trinajstić information content (AvgIpc) is 2.69. The summed E-state index contributed by atoms with van der Waals surface area (Å²) >= 11 is 0. The molecule has 0 unspecified atom stereocenters. The van der Waals surface area contributed by atoms with Gasteiger partial charge >= 0.3 is 0 Å². The standard InChI is InChI=1S/C14H15NO/c1-3-4-10-13-11(2)16-14(15-13)12-8-6-5-7-9-12/h3-9H,10H2,1-2H3/b4-3+. The summed E-state index contributed by atoms with van der Waals surface area (Å²) in [6, 6.07) is 9.97. The van der Waals surface area contributed by atoms with Crippen LogP contribution in [0.15, 0.2) is 46.9 Å². The van der Waals surface area contributed by atoms with Crippen molar-refractivity contribution in [3.63, 3.8) is 0 Å². The molecule has 0 saturated carbocycles. The van der Waals surface area contributed by atoms with Gasteiger partial charge in [-0.05, 0) is 26.0 Å². The molecule has 82 valence electrons. The van der Waals surface area contributed by atoms with Crippen molar-refractivity contribution in [1.29, 1.82) is 0 Å². The predicted octanol–water partition coefficient (Wildman–Crippen LogP) is 3.77. The molecule has 0 aliphatic carbocycles. The number of aromatic nitrogens is 1. The van der Waals surface area contributed by atoms with Crippen LogP contribution in [-0.4, -0.2) is 4.98 Å². The third-order valence-corrected chi connectivity index (χ3v) is 2.46. The van der Waals surface area contributed by atoms with Gasteiger partial charge in [-0.3, -0.25) is 0 Å². The van der Waals surface area contributed by atoms with Gasteiger partial charge in [-0.25, -0.2) is 4.98 Å². The Morgan fingerprint density at radius 3 is 2.69 bits per heavy atom. The van der Waals surface area contributed by atoms with Crippen molar-refractivity contribution in [3.05, 3.63) is 53.9 Å². The van der Waals surface area contributed by atoms with E-state index in [-0.39, 0.29) is 0 Å². The van der Waals surface area contributed by atoms with Crippen LogP contribution in [0.4, 0.5) is 0 Å². The van der Waals surface area contributed by atoms with Gasteiger partial charge in [0.2, 0.25) is 5.89 Å². The lowest BCUT2D eigenvalue weighted by Crippen LogP contribution is -1.84. The Hall–Kier alpha value is -1.83. The van der Waals surface area contributed by atoms with Crippen molar-refractivity contribution in [1.82, 2.24) is 4.98 Å². The molecular weight excluding hydrogens is 198 g/mol. The Kier molecular flexibility index (Phi) is 3.20. The van der Waals surface area contributed by atoms with Gasteiger partial charge in [-0.1, -0.05) is 30.4 Å². The largest absolute Gasteiger partial charge is 0.441 e. The van der Waals surface area contributed by atoms with Crippen LogP contribution >= 0.6 is 0 Å². The molecule has 1 heterocycles. The summed E-state index contributed by atoms with van der Waals surface area (Å²) in [7, 11) is 0. The van der Waals surface area contributed by atoms with Gasteiger partial charge in [0, 0.05) is 12.0 Å². The summed E-state index contributed by atoms with van der Waals surface area (Å²) < 4.78 is 5.65. The minimum Gasteiger partial charge on any atom is -0.441 e. The predicted molar refractivity (Wildman–Crippen MR) is 65.2 cm³/mol. The second-order valence-corrected chi connectivity index (χ2v) is 3.66. The van der Waals surface area contributed by atoms with Crippen LogP contribution in [0.3, 0.4) is 0 Å². The first-order chi connectivity index (χ1) is 7.81. The van der Waals surface area contributed by atoms with Crippen molar-refractivity contribution in [3.8, 4) is 11.5 Å². The SMILES string of the molecule is C/C=C/Cc1nc(-c2ccccc2)oc1C. The Bertz CT molecular complexity index is 483. The molecule has 0 radical (unpaired) electrons. The molecule has 0 spiro atoms. The minimum absolute atomic E-state index is 0.706. The van der Waals surface area contributed by atoms with Crippen LogP contribution in [0, 0.1) is 6.92 Å². The molecule has 0 bridgehead atoms. The number of hydrogen-bond donors (Lipinski definition) is 0. The summed E-state index contributed by atoms with van der Waals surface area (Å²) in [4.78, 5) is 4.50. The van der Waals surface area contributed by atoms with E-state index in [1.54, 1.807) is 0 Å². The van der Waals surface area contributed by atoms with Crippen LogP contribution in [-0.2, 0) is 6.42 Å². The van der Waals surface area contributed by atoms with Crippen molar-refractivity contribution < 1.29 is 4.42 Å². The van der Waals surface area contributed by atoms with E-state index in [2.05, 4.69) is 11.1 Å². The van der Waals surface area contributed by atoms with Gasteiger partial charge in [0.15, 0.2) is 0 Å². The summed E-state index contributed by atoms with van der Waals surface area (Å²) in [6.45, 7) is 3.96. The molecule has 0 aliphatic rings. The van der Waals surface area contributed by atoms with E-state index >= 15 is 0 Å². The Morgan fingerprint density at radius 2 is 2.00 bits per heavy atom. The molecule has 0 amide bonds. The number of benzene rings is 1. The smallest absolute Gasteiger partial charge is 0.226 e. The highest BCUT2D eigenvalue weighted by molar-refractivity contribution is 5.53. The van der Waals surface area contributed by atoms with Gasteiger partial charge in [-0.15, -0.1) is 0 Å². The zero-order chi connectivity index (χ0) is 11.4. The van der Waals surface area contributed by atoms with E-state index in [9.17, 15) is 0 Å². The van der Waals surface area contributed by atoms with Crippen molar-refractivity contribution in [2.45, 2.75) is 20.3 Å². The summed E-state index contributed by atoms with van der Waals surface area (Å²) in [6.07, 6.45) is 4.94. The molecule has 1 aromatic heterocycles. The lowest BCUT2D eigenvalue weighted by atomic mass is 10.2. The number of allylic oxidation sites excluding steroid dienone is 2. The molecule has 1 aromatic carbocycles. The molecule has 2 aromatic rings. The van der Waals surface area contributed by atoms with Crippen molar-refractivity contribution >= 4 is 0 Å². The summed E-state index contributed by atoms with van der Waals surface area (Å²) in [5, 5.41) is 0. The summed E-state index contributed by atoms with van der Waals surface area (Å²) in [5.74, 6) is 1.61. The zero-order valence-corrected chi connectivity index (χ0v) is 9.60. The lowest BCUT2D eigenvalue weighted by Gasteiger charge is -1.92. The number of oxazole rings is 1. The van der Waals surface area contributed by atoms with Crippen LogP contribution in [0.5, 0.6) is 0 Å². The zero-order valence-electron chi connectivity index (χ0n) is 9.60. The van der Waals surface area contributed by atoms with E-state index in [4.69, 9.17) is 4.42 Å². The molecule has 0 N–H and O–H groups in total. The highest BCUT2D eigenvalue weighted by atomic mass is 16.4. The van der Waals surface area contributed by atoms with E-state index in [0.717, 1.165) is 23.4 Å². The van der Waals surface area contributed by atoms with Crippen LogP contribution in [0.1, 0.15) is 18.4 Å². The highest BCUT2D eigenvalue weighted by Crippen LogP contribution is 2.21. The minimum atomic E-state index is 0.706. The number of rotatable bonds is 3. The van der Waals surface area contributed by atoms with Gasteiger partial charge < -0.3 is 4.42 Å². The number of hydrogen-bond acceptors (Lipinski definition) is 2. The van der Waals surface area contributed by atoms with Gasteiger partial charge in [0.25, 0.3) is 0 Å². The lowest BCUT2D eigenvalue weighted by molar-refractivity contribution is 0.540. The first-order valence-corrected chi connectivity index (χ1v) is 5.44. The maximum Gasteiger partial charge on any atom is 0.226 e. The maximum atomic E-state index is 5.65. The molecule has 2 heteroatoms. The molecule has 0 fully saturated rings. The fraction of sp³-hybridized carbons (Fsp3) is 0.214. The molecular formula is C14H15NO. The second kappa shape index (κ2) is 4.79. The number of aryl methyl sites for hydroxylation is 1. The Labute approximate surface area is 95.6 Å². The van der Waals surface area contributed by atoms with Gasteiger partial charge in [0.1, 0.15) is 5.76 Å². The van der Waals surface area contributed by atoms with E-state index in [1.165, 1.54) is 0 Å². The van der Waals surface area contributed by atoms with Crippen LogP contribution in [0.25, 0.3) is 11.5 Å². The maximum absolute atomic E-state index is 5.65. The first-order valence-electron chi connectivity index (χ1n) is 5.44. The average molecular weight is 213 g/mol. The quantitative estimate of drug-likeness (QED) is 0.725. The molecule has 16 heavy (non-hydrogen) atoms. The van der Waals surface area contributed by atoms with Crippen LogP contribution in [0.2, 0.25) is 0 Å². The Morgan fingerprint density at radius 1 is 1.25 bits per heavy atom. The fourth-order valence-electron chi connectivity index (χ4n) is 1.55. The third kappa shape index (κ3) is 2.22. The normalized spacial score (nSPS) is 11.1. The molecule has 0 atom stereocenters. The molecule has 2 nitrogen and oxygen atoms in total. The Balaban J connectivity index is 2.31. The monoisotopic (exact) mass is 213 g/mol. The summed E-state index contributed by atoms with van der Waals surface area (Å²) in [5.41, 5.74) is 2.04. The van der Waals surface area contributed by atoms with Gasteiger partial charge in [-0.2, -0.15) is 0 Å². The van der Waals surface area contributed by atoms with Gasteiger partial charge in [0.05, 0.1) is 5.69 Å². The van der Waals surface area contributed by atoms with E-state index in [1.807, 2.05) is 50.3 Å². The topological polar surface area (TPSA) is 26.0 Å². The van der Waals surface area contributed by atoms with Crippen molar-refractivity contribution in [2.75, 3.05) is 0 Å². The highest BCUT2D eigenvalue weighted by Gasteiger charge is 2.09. The molecule has 0 aliphatic heterocycles. The van der Waals surface area contributed by atoms with Crippen molar-refractivity contribution in [2.24, 2.45) is 0 Å². The van der Waals surface area contributed by atoms with Crippen LogP contribution < -0.4 is 0 Å².